The smallest absolute Gasteiger partial charge is 0.335 e. The molecule has 0 aliphatic heterocycles. The molecule has 0 spiro atoms. The lowest BCUT2D eigenvalue weighted by Gasteiger charge is -2.13. The highest BCUT2D eigenvalue weighted by molar-refractivity contribution is 6.30. The Labute approximate surface area is 148 Å². The Kier molecular flexibility index (Phi) is 3.75. The van der Waals surface area contributed by atoms with Gasteiger partial charge in [-0.2, -0.15) is 0 Å². The van der Waals surface area contributed by atoms with Gasteiger partial charge in [0.1, 0.15) is 0 Å². The number of benzene rings is 3. The summed E-state index contributed by atoms with van der Waals surface area (Å²) < 4.78 is 0. The van der Waals surface area contributed by atoms with Gasteiger partial charge in [-0.25, -0.2) is 4.79 Å². The van der Waals surface area contributed by atoms with Crippen LogP contribution < -0.4 is 5.32 Å². The van der Waals surface area contributed by atoms with E-state index >= 15 is 0 Å². The Hall–Kier alpha value is -3.11. The first kappa shape index (κ1) is 15.4. The maximum absolute atomic E-state index is 11.3. The molecule has 0 fully saturated rings. The zero-order valence-electron chi connectivity index (χ0n) is 13.0. The maximum Gasteiger partial charge on any atom is 0.335 e. The number of hydrogen-bond donors (Lipinski definition) is 2. The lowest BCUT2D eigenvalue weighted by molar-refractivity contribution is 0.0697. The molecule has 0 amide bonds. The molecule has 5 heteroatoms. The van der Waals surface area contributed by atoms with Crippen molar-refractivity contribution in [3.05, 3.63) is 77.6 Å². The van der Waals surface area contributed by atoms with Crippen LogP contribution in [-0.4, -0.2) is 16.1 Å². The fourth-order valence-electron chi connectivity index (χ4n) is 2.96. The standard InChI is InChI=1S/C20H13ClN2O2/c21-14-2-1-3-15(10-14)23-19-9-13-8-12(20(24)25)4-5-16(13)18-11-22-7-6-17(18)19/h1-11,23H,(H,24,25). The van der Waals surface area contributed by atoms with Crippen LogP contribution >= 0.6 is 11.6 Å². The molecule has 0 bridgehead atoms. The largest absolute Gasteiger partial charge is 0.478 e. The highest BCUT2D eigenvalue weighted by atomic mass is 35.5. The van der Waals surface area contributed by atoms with Gasteiger partial charge >= 0.3 is 5.97 Å². The van der Waals surface area contributed by atoms with E-state index in [4.69, 9.17) is 11.6 Å². The molecule has 2 N–H and O–H groups in total. The van der Waals surface area contributed by atoms with Gasteiger partial charge in [0.25, 0.3) is 0 Å². The minimum Gasteiger partial charge on any atom is -0.478 e. The van der Waals surface area contributed by atoms with Crippen LogP contribution in [0.1, 0.15) is 10.4 Å². The van der Waals surface area contributed by atoms with Crippen LogP contribution in [0.4, 0.5) is 11.4 Å². The van der Waals surface area contributed by atoms with Crippen LogP contribution in [0.5, 0.6) is 0 Å². The minimum atomic E-state index is -0.947. The van der Waals surface area contributed by atoms with Crippen LogP contribution in [0.25, 0.3) is 21.5 Å². The predicted molar refractivity (Wildman–Crippen MR) is 101 cm³/mol. The Bertz CT molecular complexity index is 1130. The Morgan fingerprint density at radius 2 is 1.88 bits per heavy atom. The average Bonchev–Trinajstić information content (AvgIpc) is 2.61. The number of carboxylic acid groups (broad SMARTS) is 1. The number of nitrogens with one attached hydrogen (secondary N) is 1. The molecule has 4 rings (SSSR count). The first-order valence-electron chi connectivity index (χ1n) is 7.68. The van der Waals surface area contributed by atoms with Crippen LogP contribution in [0.15, 0.2) is 67.0 Å². The van der Waals surface area contributed by atoms with E-state index in [0.717, 1.165) is 32.9 Å². The number of hydrogen-bond acceptors (Lipinski definition) is 3. The molecule has 0 unspecified atom stereocenters. The molecule has 4 aromatic rings. The second kappa shape index (κ2) is 6.07. The van der Waals surface area contributed by atoms with Crippen molar-refractivity contribution in [2.24, 2.45) is 0 Å². The lowest BCUT2D eigenvalue weighted by atomic mass is 10.00. The van der Waals surface area contributed by atoms with Gasteiger partial charge in [0.15, 0.2) is 0 Å². The molecular weight excluding hydrogens is 336 g/mol. The third kappa shape index (κ3) is 2.88. The Morgan fingerprint density at radius 1 is 1.00 bits per heavy atom. The molecule has 0 atom stereocenters. The van der Waals surface area contributed by atoms with Crippen molar-refractivity contribution in [1.29, 1.82) is 0 Å². The molecule has 4 nitrogen and oxygen atoms in total. The number of carboxylic acids is 1. The van der Waals surface area contributed by atoms with E-state index in [1.54, 1.807) is 24.5 Å². The second-order valence-corrected chi connectivity index (χ2v) is 6.16. The number of aromatic carboxylic acids is 1. The Morgan fingerprint density at radius 3 is 2.68 bits per heavy atom. The summed E-state index contributed by atoms with van der Waals surface area (Å²) in [4.78, 5) is 15.5. The van der Waals surface area contributed by atoms with Crippen molar-refractivity contribution in [2.45, 2.75) is 0 Å². The highest BCUT2D eigenvalue weighted by Crippen LogP contribution is 2.34. The van der Waals surface area contributed by atoms with Crippen molar-refractivity contribution >= 4 is 50.5 Å². The summed E-state index contributed by atoms with van der Waals surface area (Å²) in [6.07, 6.45) is 3.53. The molecule has 0 saturated carbocycles. The van der Waals surface area contributed by atoms with Gasteiger partial charge in [-0.15, -0.1) is 0 Å². The fourth-order valence-corrected chi connectivity index (χ4v) is 3.15. The van der Waals surface area contributed by atoms with Crippen LogP contribution in [-0.2, 0) is 0 Å². The number of nitrogens with zero attached hydrogens (tertiary/aromatic N) is 1. The number of anilines is 2. The normalized spacial score (nSPS) is 10.9. The number of carbonyl (C=O) groups is 1. The summed E-state index contributed by atoms with van der Waals surface area (Å²) in [6, 6.07) is 16.5. The second-order valence-electron chi connectivity index (χ2n) is 5.72. The molecule has 1 aromatic heterocycles. The van der Waals surface area contributed by atoms with Gasteiger partial charge in [0.05, 0.1) is 5.56 Å². The van der Waals surface area contributed by atoms with Crippen molar-refractivity contribution in [1.82, 2.24) is 4.98 Å². The van der Waals surface area contributed by atoms with Crippen molar-refractivity contribution in [3.63, 3.8) is 0 Å². The third-order valence-corrected chi connectivity index (χ3v) is 4.34. The van der Waals surface area contributed by atoms with Gasteiger partial charge in [-0.1, -0.05) is 23.7 Å². The van der Waals surface area contributed by atoms with Crippen LogP contribution in [0.3, 0.4) is 0 Å². The predicted octanol–water partition coefficient (Wildman–Crippen LogP) is 5.48. The number of aromatic nitrogens is 1. The van der Waals surface area contributed by atoms with Gasteiger partial charge in [-0.05, 0) is 53.2 Å². The van der Waals surface area contributed by atoms with E-state index in [2.05, 4.69) is 10.3 Å². The van der Waals surface area contributed by atoms with Crippen LogP contribution in [0.2, 0.25) is 5.02 Å². The molecule has 3 aromatic carbocycles. The summed E-state index contributed by atoms with van der Waals surface area (Å²) in [5.74, 6) is -0.947. The molecule has 0 aliphatic carbocycles. The molecule has 0 aliphatic rings. The monoisotopic (exact) mass is 348 g/mol. The Balaban J connectivity index is 1.96. The molecule has 1 heterocycles. The van der Waals surface area contributed by atoms with Gasteiger partial charge in [0.2, 0.25) is 0 Å². The summed E-state index contributed by atoms with van der Waals surface area (Å²) in [5, 5.41) is 17.0. The third-order valence-electron chi connectivity index (χ3n) is 4.10. The molecule has 25 heavy (non-hydrogen) atoms. The fraction of sp³-hybridized carbons (Fsp3) is 0. The zero-order chi connectivity index (χ0) is 17.4. The van der Waals surface area contributed by atoms with Gasteiger partial charge in [-0.3, -0.25) is 4.98 Å². The summed E-state index contributed by atoms with van der Waals surface area (Å²) in [5.41, 5.74) is 1.98. The summed E-state index contributed by atoms with van der Waals surface area (Å²) in [6.45, 7) is 0. The zero-order valence-corrected chi connectivity index (χ0v) is 13.8. The van der Waals surface area contributed by atoms with Gasteiger partial charge in [0, 0.05) is 39.6 Å². The topological polar surface area (TPSA) is 62.2 Å². The van der Waals surface area contributed by atoms with E-state index in [-0.39, 0.29) is 5.56 Å². The van der Waals surface area contributed by atoms with E-state index in [9.17, 15) is 9.90 Å². The number of rotatable bonds is 3. The van der Waals surface area contributed by atoms with E-state index in [0.29, 0.717) is 5.02 Å². The molecule has 122 valence electrons. The number of pyridine rings is 1. The average molecular weight is 349 g/mol. The lowest BCUT2D eigenvalue weighted by Crippen LogP contribution is -1.97. The van der Waals surface area contributed by atoms with Crippen molar-refractivity contribution in [2.75, 3.05) is 5.32 Å². The first-order chi connectivity index (χ1) is 12.1. The van der Waals surface area contributed by atoms with E-state index in [1.807, 2.05) is 42.5 Å². The maximum atomic E-state index is 11.3. The van der Waals surface area contributed by atoms with E-state index < -0.39 is 5.97 Å². The first-order valence-corrected chi connectivity index (χ1v) is 8.06. The number of halogens is 1. The number of fused-ring (bicyclic) bond motifs is 3. The van der Waals surface area contributed by atoms with Gasteiger partial charge < -0.3 is 10.4 Å². The molecular formula is C20H13ClN2O2. The van der Waals surface area contributed by atoms with Crippen LogP contribution in [0, 0.1) is 0 Å². The SMILES string of the molecule is O=C(O)c1ccc2c(c1)cc(Nc1cccc(Cl)c1)c1ccncc12. The summed E-state index contributed by atoms with van der Waals surface area (Å²) in [7, 11) is 0. The van der Waals surface area contributed by atoms with Crippen molar-refractivity contribution in [3.8, 4) is 0 Å². The summed E-state index contributed by atoms with van der Waals surface area (Å²) >= 11 is 6.06. The minimum absolute atomic E-state index is 0.254. The van der Waals surface area contributed by atoms with E-state index in [1.165, 1.54) is 0 Å². The highest BCUT2D eigenvalue weighted by Gasteiger charge is 2.10. The molecule has 0 radical (unpaired) electrons. The quantitative estimate of drug-likeness (QED) is 0.481. The molecule has 0 saturated heterocycles. The van der Waals surface area contributed by atoms with Crippen molar-refractivity contribution < 1.29 is 9.90 Å².